The molecule has 0 aliphatic carbocycles. The molecule has 0 radical (unpaired) electrons. The maximum absolute atomic E-state index is 10.9. The number of pyridine rings is 1. The first-order chi connectivity index (χ1) is 9.11. The molecular weight excluding hydrogens is 244 g/mol. The highest BCUT2D eigenvalue weighted by molar-refractivity contribution is 5.76. The number of carbonyl (C=O) groups excluding carboxylic acids is 1. The molecule has 104 valence electrons. The zero-order valence-corrected chi connectivity index (χ0v) is 11.6. The van der Waals surface area contributed by atoms with Crippen molar-refractivity contribution >= 4 is 12.1 Å². The van der Waals surface area contributed by atoms with Gasteiger partial charge in [-0.05, 0) is 26.8 Å². The fraction of sp³-hybridized carbons (Fsp3) is 0.571. The Morgan fingerprint density at radius 1 is 1.58 bits per heavy atom. The Bertz CT molecular complexity index is 448. The molecule has 0 saturated carbocycles. The van der Waals surface area contributed by atoms with E-state index in [-0.39, 0.29) is 12.1 Å². The lowest BCUT2D eigenvalue weighted by Crippen LogP contribution is -2.44. The Hall–Kier alpha value is -1.62. The number of nitrogens with zero attached hydrogens (tertiary/aromatic N) is 2. The van der Waals surface area contributed by atoms with Crippen LogP contribution in [0, 0.1) is 0 Å². The minimum atomic E-state index is 0.0406. The number of anilines is 1. The number of carbonyl (C=O) groups is 1. The average Bonchev–Trinajstić information content (AvgIpc) is 2.39. The number of aldehydes is 1. The second-order valence-corrected chi connectivity index (χ2v) is 4.99. The van der Waals surface area contributed by atoms with Crippen LogP contribution >= 0.6 is 0 Å². The van der Waals surface area contributed by atoms with E-state index in [1.165, 1.54) is 0 Å². The third-order valence-electron chi connectivity index (χ3n) is 2.99. The van der Waals surface area contributed by atoms with Crippen LogP contribution in [0.2, 0.25) is 0 Å². The molecule has 0 aromatic carbocycles. The van der Waals surface area contributed by atoms with Crippen LogP contribution in [0.1, 0.15) is 31.1 Å². The molecule has 1 saturated heterocycles. The van der Waals surface area contributed by atoms with Crippen LogP contribution in [0.15, 0.2) is 12.3 Å². The molecule has 0 N–H and O–H groups in total. The van der Waals surface area contributed by atoms with Crippen molar-refractivity contribution in [3.05, 3.63) is 17.8 Å². The zero-order chi connectivity index (χ0) is 13.8. The molecule has 2 heterocycles. The van der Waals surface area contributed by atoms with Crippen molar-refractivity contribution < 1.29 is 14.3 Å². The maximum Gasteiger partial charge on any atom is 0.171 e. The number of ether oxygens (including phenoxy) is 2. The fourth-order valence-electron chi connectivity index (χ4n) is 2.12. The second kappa shape index (κ2) is 6.02. The highest BCUT2D eigenvalue weighted by Gasteiger charge is 2.23. The number of hydrogen-bond donors (Lipinski definition) is 0. The van der Waals surface area contributed by atoms with E-state index >= 15 is 0 Å². The first kappa shape index (κ1) is 13.8. The van der Waals surface area contributed by atoms with Gasteiger partial charge in [-0.25, -0.2) is 4.98 Å². The van der Waals surface area contributed by atoms with E-state index in [0.29, 0.717) is 24.5 Å². The first-order valence-electron chi connectivity index (χ1n) is 6.58. The van der Waals surface area contributed by atoms with Crippen molar-refractivity contribution in [2.45, 2.75) is 32.9 Å². The van der Waals surface area contributed by atoms with E-state index in [1.54, 1.807) is 12.3 Å². The Kier molecular flexibility index (Phi) is 4.37. The summed E-state index contributed by atoms with van der Waals surface area (Å²) >= 11 is 0. The van der Waals surface area contributed by atoms with Gasteiger partial charge in [0.2, 0.25) is 0 Å². The lowest BCUT2D eigenvalue weighted by Gasteiger charge is -2.35. The van der Waals surface area contributed by atoms with Crippen LogP contribution in [0.25, 0.3) is 0 Å². The zero-order valence-electron chi connectivity index (χ0n) is 11.6. The van der Waals surface area contributed by atoms with Crippen LogP contribution in [-0.4, -0.2) is 43.2 Å². The highest BCUT2D eigenvalue weighted by atomic mass is 16.5. The van der Waals surface area contributed by atoms with Crippen molar-refractivity contribution in [3.8, 4) is 5.75 Å². The molecular formula is C14H20N2O3. The fourth-order valence-corrected chi connectivity index (χ4v) is 2.12. The summed E-state index contributed by atoms with van der Waals surface area (Å²) in [5.74, 6) is 1.45. The summed E-state index contributed by atoms with van der Waals surface area (Å²) in [6, 6.07) is 2.00. The smallest absolute Gasteiger partial charge is 0.171 e. The van der Waals surface area contributed by atoms with E-state index in [9.17, 15) is 4.79 Å². The molecule has 1 aromatic heterocycles. The third-order valence-corrected chi connectivity index (χ3v) is 2.99. The number of hydrogen-bond acceptors (Lipinski definition) is 5. The minimum Gasteiger partial charge on any atom is -0.487 e. The van der Waals surface area contributed by atoms with Gasteiger partial charge in [-0.2, -0.15) is 0 Å². The van der Waals surface area contributed by atoms with E-state index in [0.717, 1.165) is 18.6 Å². The average molecular weight is 264 g/mol. The molecule has 1 fully saturated rings. The highest BCUT2D eigenvalue weighted by Crippen LogP contribution is 2.29. The predicted octanol–water partition coefficient (Wildman–Crippen LogP) is 1.91. The molecule has 2 rings (SSSR count). The molecule has 5 nitrogen and oxygen atoms in total. The van der Waals surface area contributed by atoms with E-state index in [2.05, 4.69) is 16.8 Å². The molecule has 1 aromatic rings. The summed E-state index contributed by atoms with van der Waals surface area (Å²) in [6.45, 7) is 8.15. The van der Waals surface area contributed by atoms with Crippen molar-refractivity contribution in [1.29, 1.82) is 0 Å². The van der Waals surface area contributed by atoms with Crippen molar-refractivity contribution in [3.63, 3.8) is 0 Å². The minimum absolute atomic E-state index is 0.0406. The van der Waals surface area contributed by atoms with Crippen LogP contribution in [0.3, 0.4) is 0 Å². The summed E-state index contributed by atoms with van der Waals surface area (Å²) in [4.78, 5) is 17.4. The van der Waals surface area contributed by atoms with Crippen LogP contribution in [-0.2, 0) is 4.74 Å². The van der Waals surface area contributed by atoms with Gasteiger partial charge in [0.25, 0.3) is 0 Å². The summed E-state index contributed by atoms with van der Waals surface area (Å²) in [6.07, 6.45) is 2.41. The molecule has 1 atom stereocenters. The Morgan fingerprint density at radius 2 is 2.37 bits per heavy atom. The molecule has 0 bridgehead atoms. The number of aromatic nitrogens is 1. The van der Waals surface area contributed by atoms with Gasteiger partial charge < -0.3 is 14.4 Å². The van der Waals surface area contributed by atoms with Crippen LogP contribution in [0.5, 0.6) is 5.75 Å². The number of morpholine rings is 1. The Labute approximate surface area is 113 Å². The van der Waals surface area contributed by atoms with E-state index in [1.807, 2.05) is 13.8 Å². The van der Waals surface area contributed by atoms with Crippen LogP contribution in [0.4, 0.5) is 5.82 Å². The van der Waals surface area contributed by atoms with Gasteiger partial charge in [0.15, 0.2) is 17.9 Å². The first-order valence-corrected chi connectivity index (χ1v) is 6.58. The Balaban J connectivity index is 2.34. The van der Waals surface area contributed by atoms with Gasteiger partial charge in [-0.1, -0.05) is 0 Å². The van der Waals surface area contributed by atoms with Crippen LogP contribution < -0.4 is 9.64 Å². The standard InChI is InChI=1S/C14H20N2O3/c1-10(2)19-13-6-12(8-17)7-15-14(13)16-4-5-18-9-11(16)3/h6-8,10-11H,4-5,9H2,1-3H3. The topological polar surface area (TPSA) is 51.7 Å². The molecule has 1 unspecified atom stereocenters. The molecule has 1 aliphatic rings. The van der Waals surface area contributed by atoms with Crippen molar-refractivity contribution in [1.82, 2.24) is 4.98 Å². The maximum atomic E-state index is 10.9. The van der Waals surface area contributed by atoms with Crippen molar-refractivity contribution in [2.75, 3.05) is 24.7 Å². The lowest BCUT2D eigenvalue weighted by atomic mass is 10.2. The van der Waals surface area contributed by atoms with Crippen molar-refractivity contribution in [2.24, 2.45) is 0 Å². The monoisotopic (exact) mass is 264 g/mol. The van der Waals surface area contributed by atoms with Gasteiger partial charge in [-0.15, -0.1) is 0 Å². The largest absolute Gasteiger partial charge is 0.487 e. The van der Waals surface area contributed by atoms with Gasteiger partial charge in [0.1, 0.15) is 0 Å². The van der Waals surface area contributed by atoms with E-state index in [4.69, 9.17) is 9.47 Å². The quantitative estimate of drug-likeness (QED) is 0.777. The molecule has 19 heavy (non-hydrogen) atoms. The molecule has 0 spiro atoms. The SMILES string of the molecule is CC(C)Oc1cc(C=O)cnc1N1CCOCC1C. The lowest BCUT2D eigenvalue weighted by molar-refractivity contribution is 0.0979. The summed E-state index contributed by atoms with van der Waals surface area (Å²) < 4.78 is 11.2. The second-order valence-electron chi connectivity index (χ2n) is 4.99. The van der Waals surface area contributed by atoms with Gasteiger partial charge in [0, 0.05) is 18.3 Å². The van der Waals surface area contributed by atoms with Gasteiger partial charge >= 0.3 is 0 Å². The summed E-state index contributed by atoms with van der Waals surface area (Å²) in [5, 5.41) is 0. The summed E-state index contributed by atoms with van der Waals surface area (Å²) in [5.41, 5.74) is 0.528. The Morgan fingerprint density at radius 3 is 3.00 bits per heavy atom. The van der Waals surface area contributed by atoms with Gasteiger partial charge in [0.05, 0.1) is 25.4 Å². The summed E-state index contributed by atoms with van der Waals surface area (Å²) in [7, 11) is 0. The normalized spacial score (nSPS) is 19.6. The third kappa shape index (κ3) is 3.23. The van der Waals surface area contributed by atoms with Gasteiger partial charge in [-0.3, -0.25) is 4.79 Å². The van der Waals surface area contributed by atoms with E-state index < -0.39 is 0 Å². The molecule has 0 amide bonds. The molecule has 5 heteroatoms. The molecule has 1 aliphatic heterocycles. The number of rotatable bonds is 4. The predicted molar refractivity (Wildman–Crippen MR) is 73.0 cm³/mol.